The van der Waals surface area contributed by atoms with Crippen LogP contribution in [-0.4, -0.2) is 36.7 Å². The van der Waals surface area contributed by atoms with E-state index in [-0.39, 0.29) is 41.7 Å². The molecule has 2 aromatic carbocycles. The minimum atomic E-state index is -0.429. The summed E-state index contributed by atoms with van der Waals surface area (Å²) in [5.41, 5.74) is 8.10. The molecule has 0 saturated heterocycles. The molecule has 0 spiro atoms. The van der Waals surface area contributed by atoms with Gasteiger partial charge in [0, 0.05) is 29.4 Å². The van der Waals surface area contributed by atoms with E-state index in [9.17, 15) is 14.4 Å². The third-order valence-corrected chi connectivity index (χ3v) is 6.51. The van der Waals surface area contributed by atoms with Crippen molar-refractivity contribution in [3.8, 4) is 22.6 Å². The fraction of sp³-hybridized carbons (Fsp3) is 0.240. The van der Waals surface area contributed by atoms with Gasteiger partial charge in [0.15, 0.2) is 16.8 Å². The van der Waals surface area contributed by atoms with Crippen LogP contribution in [0.3, 0.4) is 0 Å². The van der Waals surface area contributed by atoms with Gasteiger partial charge in [0.1, 0.15) is 6.54 Å². The average Bonchev–Trinajstić information content (AvgIpc) is 3.29. The highest BCUT2D eigenvalue weighted by molar-refractivity contribution is 6.32. The molecule has 1 saturated carbocycles. The maximum Gasteiger partial charge on any atom is 0.340 e. The van der Waals surface area contributed by atoms with Crippen molar-refractivity contribution in [2.75, 3.05) is 11.1 Å². The van der Waals surface area contributed by atoms with E-state index >= 15 is 0 Å². The molecule has 37 heavy (non-hydrogen) atoms. The number of nitrogen functional groups attached to an aromatic ring is 1. The number of hydrogen-bond acceptors (Lipinski definition) is 7. The van der Waals surface area contributed by atoms with Crippen LogP contribution in [0.4, 0.5) is 11.5 Å². The molecule has 5 rings (SSSR count). The van der Waals surface area contributed by atoms with Crippen LogP contribution < -0.4 is 27.6 Å². The Labute approximate surface area is 216 Å². The maximum absolute atomic E-state index is 13.4. The van der Waals surface area contributed by atoms with Crippen LogP contribution in [-0.2, 0) is 17.9 Å². The first kappa shape index (κ1) is 24.3. The smallest absolute Gasteiger partial charge is 0.340 e. The van der Waals surface area contributed by atoms with Crippen LogP contribution in [0.15, 0.2) is 58.1 Å². The summed E-state index contributed by atoms with van der Waals surface area (Å²) in [6.45, 7) is -0.0122. The highest BCUT2D eigenvalue weighted by Gasteiger charge is 2.23. The molecule has 0 bridgehead atoms. The number of amides is 1. The van der Waals surface area contributed by atoms with Crippen molar-refractivity contribution in [2.24, 2.45) is 0 Å². The van der Waals surface area contributed by atoms with Crippen molar-refractivity contribution in [3.63, 3.8) is 0 Å². The van der Waals surface area contributed by atoms with E-state index in [4.69, 9.17) is 17.3 Å². The fourth-order valence-electron chi connectivity index (χ4n) is 4.08. The summed E-state index contributed by atoms with van der Waals surface area (Å²) in [6, 6.07) is 14.3. The number of carbonyl (C=O) groups is 1. The number of aromatic amines is 2. The predicted molar refractivity (Wildman–Crippen MR) is 141 cm³/mol. The number of halogens is 1. The Balaban J connectivity index is 1.36. The lowest BCUT2D eigenvalue weighted by Gasteiger charge is -2.27. The quantitative estimate of drug-likeness (QED) is 0.223. The predicted octanol–water partition coefficient (Wildman–Crippen LogP) is 2.51. The highest BCUT2D eigenvalue weighted by Crippen LogP contribution is 2.29. The molecule has 0 radical (unpaired) electrons. The van der Waals surface area contributed by atoms with E-state index in [0.717, 1.165) is 30.4 Å². The zero-order chi connectivity index (χ0) is 25.9. The second-order valence-electron chi connectivity index (χ2n) is 8.89. The van der Waals surface area contributed by atoms with Gasteiger partial charge in [-0.1, -0.05) is 48.0 Å². The lowest BCUT2D eigenvalue weighted by atomic mass is 9.93. The number of nitrogens with one attached hydrogen (secondary N) is 4. The summed E-state index contributed by atoms with van der Waals surface area (Å²) in [7, 11) is 0. The largest absolute Gasteiger partial charge is 0.399 e. The van der Waals surface area contributed by atoms with E-state index < -0.39 is 5.56 Å². The minimum Gasteiger partial charge on any atom is -0.399 e. The number of nitrogens with two attached hydrogens (primary N) is 1. The topological polar surface area (TPSA) is 164 Å². The van der Waals surface area contributed by atoms with E-state index in [1.165, 1.54) is 4.57 Å². The number of hydrogen-bond donors (Lipinski definition) is 5. The fourth-order valence-corrected chi connectivity index (χ4v) is 4.37. The van der Waals surface area contributed by atoms with Gasteiger partial charge >= 0.3 is 5.69 Å². The first-order valence-electron chi connectivity index (χ1n) is 11.8. The third-order valence-electron chi connectivity index (χ3n) is 6.25. The summed E-state index contributed by atoms with van der Waals surface area (Å²) in [5, 5.41) is 12.3. The molecule has 0 aliphatic heterocycles. The first-order chi connectivity index (χ1) is 17.9. The molecular weight excluding hydrogens is 496 g/mol. The standard InChI is InChI=1S/C25H25ClN8O3/c26-21-20(16-3-1-4-17(27)11-16)34(24(36)23(30-21)29-18-5-2-6-18)13-19(35)28-12-14-7-9-15(10-8-14)22-31-25(37)33-32-22/h1,3-4,7-11,18H,2,5-6,12-13,27H2,(H,28,35)(H,29,30)(H2,31,32,33,37). The molecule has 1 amide bonds. The summed E-state index contributed by atoms with van der Waals surface area (Å²) < 4.78 is 1.33. The number of carbonyl (C=O) groups excluding carboxylic acids is 1. The van der Waals surface area contributed by atoms with Gasteiger partial charge in [-0.2, -0.15) is 5.10 Å². The maximum atomic E-state index is 13.4. The Morgan fingerprint density at radius 2 is 1.92 bits per heavy atom. The molecule has 0 unspecified atom stereocenters. The SMILES string of the molecule is Nc1cccc(-c2c(Cl)nc(NC3CCC3)c(=O)n2CC(=O)NCc2ccc(-c3n[nH]c(=O)[nH]3)cc2)c1. The van der Waals surface area contributed by atoms with Gasteiger partial charge < -0.3 is 16.4 Å². The Kier molecular flexibility index (Phi) is 6.78. The molecule has 2 aromatic heterocycles. The van der Waals surface area contributed by atoms with Gasteiger partial charge in [-0.15, -0.1) is 0 Å². The van der Waals surface area contributed by atoms with E-state index in [1.54, 1.807) is 36.4 Å². The molecule has 6 N–H and O–H groups in total. The second kappa shape index (κ2) is 10.3. The molecule has 11 nitrogen and oxygen atoms in total. The summed E-state index contributed by atoms with van der Waals surface area (Å²) in [5.74, 6) is 0.182. The van der Waals surface area contributed by atoms with Crippen molar-refractivity contribution in [1.82, 2.24) is 30.0 Å². The molecule has 1 fully saturated rings. The van der Waals surface area contributed by atoms with Crippen molar-refractivity contribution >= 4 is 29.0 Å². The number of nitrogens with zero attached hydrogens (tertiary/aromatic N) is 3. The van der Waals surface area contributed by atoms with Crippen LogP contribution in [0.25, 0.3) is 22.6 Å². The zero-order valence-corrected chi connectivity index (χ0v) is 20.5. The highest BCUT2D eigenvalue weighted by atomic mass is 35.5. The molecule has 12 heteroatoms. The lowest BCUT2D eigenvalue weighted by Crippen LogP contribution is -2.37. The molecule has 190 valence electrons. The molecule has 2 heterocycles. The average molecular weight is 521 g/mol. The van der Waals surface area contributed by atoms with E-state index in [1.807, 2.05) is 12.1 Å². The third kappa shape index (κ3) is 5.41. The van der Waals surface area contributed by atoms with Gasteiger partial charge in [0.25, 0.3) is 5.56 Å². The summed E-state index contributed by atoms with van der Waals surface area (Å²) >= 11 is 6.55. The number of aromatic nitrogens is 5. The van der Waals surface area contributed by atoms with Crippen molar-refractivity contribution < 1.29 is 4.79 Å². The zero-order valence-electron chi connectivity index (χ0n) is 19.8. The van der Waals surface area contributed by atoms with Gasteiger partial charge in [0.2, 0.25) is 5.91 Å². The Morgan fingerprint density at radius 3 is 2.57 bits per heavy atom. The van der Waals surface area contributed by atoms with Gasteiger partial charge in [-0.25, -0.2) is 14.9 Å². The minimum absolute atomic E-state index is 0.104. The van der Waals surface area contributed by atoms with E-state index in [2.05, 4.69) is 30.8 Å². The van der Waals surface area contributed by atoms with Crippen LogP contribution in [0.2, 0.25) is 5.15 Å². The van der Waals surface area contributed by atoms with Crippen molar-refractivity contribution in [3.05, 3.63) is 80.1 Å². The van der Waals surface area contributed by atoms with Crippen LogP contribution >= 0.6 is 11.6 Å². The molecule has 1 aliphatic rings. The normalized spacial score (nSPS) is 13.2. The van der Waals surface area contributed by atoms with Crippen molar-refractivity contribution in [1.29, 1.82) is 0 Å². The van der Waals surface area contributed by atoms with Gasteiger partial charge in [-0.05, 0) is 37.0 Å². The Hall–Kier alpha value is -4.38. The first-order valence-corrected chi connectivity index (χ1v) is 12.2. The molecule has 1 aliphatic carbocycles. The Bertz CT molecular complexity index is 1550. The number of H-pyrrole nitrogens is 2. The summed E-state index contributed by atoms with van der Waals surface area (Å²) in [6.07, 6.45) is 2.99. The molecular formula is C25H25ClN8O3. The van der Waals surface area contributed by atoms with E-state index in [0.29, 0.717) is 22.8 Å². The van der Waals surface area contributed by atoms with Gasteiger partial charge in [-0.3, -0.25) is 19.1 Å². The summed E-state index contributed by atoms with van der Waals surface area (Å²) in [4.78, 5) is 44.5. The van der Waals surface area contributed by atoms with Crippen LogP contribution in [0, 0.1) is 0 Å². The van der Waals surface area contributed by atoms with Crippen LogP contribution in [0.5, 0.6) is 0 Å². The van der Waals surface area contributed by atoms with Gasteiger partial charge in [0.05, 0.1) is 5.69 Å². The molecule has 4 aromatic rings. The lowest BCUT2D eigenvalue weighted by molar-refractivity contribution is -0.121. The van der Waals surface area contributed by atoms with Crippen molar-refractivity contribution in [2.45, 2.75) is 38.4 Å². The van der Waals surface area contributed by atoms with Crippen LogP contribution in [0.1, 0.15) is 24.8 Å². The Morgan fingerprint density at radius 1 is 1.14 bits per heavy atom. The number of rotatable bonds is 8. The molecule has 0 atom stereocenters. The monoisotopic (exact) mass is 520 g/mol. The second-order valence-corrected chi connectivity index (χ2v) is 9.25. The number of benzene rings is 2. The number of anilines is 2.